The van der Waals surface area contributed by atoms with Crippen LogP contribution >= 0.6 is 15.9 Å². The second kappa shape index (κ2) is 6.17. The summed E-state index contributed by atoms with van der Waals surface area (Å²) >= 11 is 3.47. The van der Waals surface area contributed by atoms with E-state index in [0.29, 0.717) is 6.04 Å². The SMILES string of the molecule is CNC(Cc1cccc(C)c1)c1ccc(Br)cc1. The normalized spacial score (nSPS) is 12.4. The molecular formula is C16H18BrN. The smallest absolute Gasteiger partial charge is 0.0358 e. The van der Waals surface area contributed by atoms with Gasteiger partial charge in [0.05, 0.1) is 0 Å². The van der Waals surface area contributed by atoms with E-state index in [1.165, 1.54) is 16.7 Å². The van der Waals surface area contributed by atoms with Crippen LogP contribution in [0.3, 0.4) is 0 Å². The van der Waals surface area contributed by atoms with Crippen LogP contribution in [0.5, 0.6) is 0 Å². The van der Waals surface area contributed by atoms with E-state index in [4.69, 9.17) is 0 Å². The third-order valence-electron chi connectivity index (χ3n) is 3.14. The molecule has 2 rings (SSSR count). The molecule has 2 heteroatoms. The van der Waals surface area contributed by atoms with Crippen LogP contribution in [0.15, 0.2) is 53.0 Å². The largest absolute Gasteiger partial charge is 0.313 e. The van der Waals surface area contributed by atoms with Gasteiger partial charge in [0.25, 0.3) is 0 Å². The molecule has 0 aliphatic heterocycles. The fourth-order valence-electron chi connectivity index (χ4n) is 2.16. The van der Waals surface area contributed by atoms with Crippen molar-refractivity contribution in [1.82, 2.24) is 5.32 Å². The number of likely N-dealkylation sites (N-methyl/N-ethyl adjacent to an activating group) is 1. The van der Waals surface area contributed by atoms with Crippen molar-refractivity contribution in [2.75, 3.05) is 7.05 Å². The quantitative estimate of drug-likeness (QED) is 0.890. The van der Waals surface area contributed by atoms with Gasteiger partial charge < -0.3 is 5.32 Å². The van der Waals surface area contributed by atoms with Crippen LogP contribution in [-0.4, -0.2) is 7.05 Å². The first kappa shape index (κ1) is 13.3. The van der Waals surface area contributed by atoms with Gasteiger partial charge in [-0.05, 0) is 43.7 Å². The van der Waals surface area contributed by atoms with Gasteiger partial charge in [-0.15, -0.1) is 0 Å². The van der Waals surface area contributed by atoms with Gasteiger partial charge in [0, 0.05) is 10.5 Å². The molecule has 0 spiro atoms. The zero-order valence-corrected chi connectivity index (χ0v) is 12.4. The Balaban J connectivity index is 2.17. The maximum atomic E-state index is 3.47. The van der Waals surface area contributed by atoms with E-state index in [2.05, 4.69) is 76.7 Å². The minimum Gasteiger partial charge on any atom is -0.313 e. The van der Waals surface area contributed by atoms with Crippen LogP contribution in [0.4, 0.5) is 0 Å². The second-order valence-corrected chi connectivity index (χ2v) is 5.50. The van der Waals surface area contributed by atoms with Crippen molar-refractivity contribution >= 4 is 15.9 Å². The molecule has 18 heavy (non-hydrogen) atoms. The van der Waals surface area contributed by atoms with Gasteiger partial charge >= 0.3 is 0 Å². The highest BCUT2D eigenvalue weighted by molar-refractivity contribution is 9.10. The van der Waals surface area contributed by atoms with Gasteiger partial charge in [-0.25, -0.2) is 0 Å². The van der Waals surface area contributed by atoms with E-state index >= 15 is 0 Å². The molecule has 0 saturated heterocycles. The lowest BCUT2D eigenvalue weighted by Crippen LogP contribution is -2.18. The van der Waals surface area contributed by atoms with Gasteiger partial charge in [-0.3, -0.25) is 0 Å². The van der Waals surface area contributed by atoms with Crippen LogP contribution in [0.25, 0.3) is 0 Å². The monoisotopic (exact) mass is 303 g/mol. The molecule has 0 saturated carbocycles. The first-order valence-electron chi connectivity index (χ1n) is 6.17. The Morgan fingerprint density at radius 3 is 2.44 bits per heavy atom. The van der Waals surface area contributed by atoms with Crippen molar-refractivity contribution < 1.29 is 0 Å². The van der Waals surface area contributed by atoms with E-state index < -0.39 is 0 Å². The third-order valence-corrected chi connectivity index (χ3v) is 3.67. The van der Waals surface area contributed by atoms with Gasteiger partial charge in [-0.2, -0.15) is 0 Å². The number of aryl methyl sites for hydroxylation is 1. The lowest BCUT2D eigenvalue weighted by molar-refractivity contribution is 0.592. The number of rotatable bonds is 4. The molecule has 0 aliphatic carbocycles. The van der Waals surface area contributed by atoms with E-state index in [1.807, 2.05) is 7.05 Å². The van der Waals surface area contributed by atoms with E-state index in [1.54, 1.807) is 0 Å². The fraction of sp³-hybridized carbons (Fsp3) is 0.250. The molecule has 0 radical (unpaired) electrons. The van der Waals surface area contributed by atoms with Gasteiger partial charge in [0.1, 0.15) is 0 Å². The predicted octanol–water partition coefficient (Wildman–Crippen LogP) is 4.26. The van der Waals surface area contributed by atoms with E-state index in [0.717, 1.165) is 10.9 Å². The molecule has 1 atom stereocenters. The summed E-state index contributed by atoms with van der Waals surface area (Å²) in [5, 5.41) is 3.39. The molecule has 2 aromatic carbocycles. The first-order valence-corrected chi connectivity index (χ1v) is 6.96. The Morgan fingerprint density at radius 2 is 1.83 bits per heavy atom. The molecule has 1 unspecified atom stereocenters. The number of halogens is 1. The molecule has 94 valence electrons. The lowest BCUT2D eigenvalue weighted by atomic mass is 9.98. The van der Waals surface area contributed by atoms with Crippen molar-refractivity contribution in [2.45, 2.75) is 19.4 Å². The van der Waals surface area contributed by atoms with E-state index in [9.17, 15) is 0 Å². The summed E-state index contributed by atoms with van der Waals surface area (Å²) in [7, 11) is 2.02. The molecule has 2 aromatic rings. The van der Waals surface area contributed by atoms with Crippen molar-refractivity contribution in [1.29, 1.82) is 0 Å². The van der Waals surface area contributed by atoms with Crippen LogP contribution < -0.4 is 5.32 Å². The lowest BCUT2D eigenvalue weighted by Gasteiger charge is -2.17. The van der Waals surface area contributed by atoms with Gasteiger partial charge in [-0.1, -0.05) is 57.9 Å². The molecule has 0 fully saturated rings. The van der Waals surface area contributed by atoms with Crippen LogP contribution in [0.1, 0.15) is 22.7 Å². The minimum atomic E-state index is 0.361. The minimum absolute atomic E-state index is 0.361. The van der Waals surface area contributed by atoms with Crippen molar-refractivity contribution in [3.63, 3.8) is 0 Å². The van der Waals surface area contributed by atoms with Crippen LogP contribution in [0, 0.1) is 6.92 Å². The topological polar surface area (TPSA) is 12.0 Å². The van der Waals surface area contributed by atoms with E-state index in [-0.39, 0.29) is 0 Å². The fourth-order valence-corrected chi connectivity index (χ4v) is 2.42. The Kier molecular flexibility index (Phi) is 4.56. The zero-order chi connectivity index (χ0) is 13.0. The standard InChI is InChI=1S/C16H18BrN/c1-12-4-3-5-13(10-12)11-16(18-2)14-6-8-15(17)9-7-14/h3-10,16,18H,11H2,1-2H3. The van der Waals surface area contributed by atoms with Crippen molar-refractivity contribution in [3.05, 3.63) is 69.7 Å². The molecule has 0 aliphatic rings. The molecular weight excluding hydrogens is 286 g/mol. The molecule has 0 amide bonds. The molecule has 0 aromatic heterocycles. The number of hydrogen-bond donors (Lipinski definition) is 1. The molecule has 0 bridgehead atoms. The highest BCUT2D eigenvalue weighted by Gasteiger charge is 2.09. The number of hydrogen-bond acceptors (Lipinski definition) is 1. The maximum absolute atomic E-state index is 3.47. The van der Waals surface area contributed by atoms with Crippen LogP contribution in [0.2, 0.25) is 0 Å². The summed E-state index contributed by atoms with van der Waals surface area (Å²) in [5.74, 6) is 0. The Labute approximate surface area is 117 Å². The third kappa shape index (κ3) is 3.44. The Bertz CT molecular complexity index is 505. The Hall–Kier alpha value is -1.12. The molecule has 1 nitrogen and oxygen atoms in total. The summed E-state index contributed by atoms with van der Waals surface area (Å²) in [6, 6.07) is 17.6. The highest BCUT2D eigenvalue weighted by Crippen LogP contribution is 2.20. The Morgan fingerprint density at radius 1 is 1.11 bits per heavy atom. The zero-order valence-electron chi connectivity index (χ0n) is 10.8. The van der Waals surface area contributed by atoms with Crippen molar-refractivity contribution in [3.8, 4) is 0 Å². The van der Waals surface area contributed by atoms with Crippen molar-refractivity contribution in [2.24, 2.45) is 0 Å². The maximum Gasteiger partial charge on any atom is 0.0358 e. The predicted molar refractivity (Wildman–Crippen MR) is 80.8 cm³/mol. The molecule has 0 heterocycles. The number of benzene rings is 2. The van der Waals surface area contributed by atoms with Gasteiger partial charge in [0.15, 0.2) is 0 Å². The average Bonchev–Trinajstić information content (AvgIpc) is 2.37. The number of nitrogens with one attached hydrogen (secondary N) is 1. The summed E-state index contributed by atoms with van der Waals surface area (Å²) in [6.07, 6.45) is 1.01. The molecule has 1 N–H and O–H groups in total. The first-order chi connectivity index (χ1) is 8.69. The van der Waals surface area contributed by atoms with Gasteiger partial charge in [0.2, 0.25) is 0 Å². The summed E-state index contributed by atoms with van der Waals surface area (Å²) in [6.45, 7) is 2.14. The average molecular weight is 304 g/mol. The summed E-state index contributed by atoms with van der Waals surface area (Å²) < 4.78 is 1.12. The summed E-state index contributed by atoms with van der Waals surface area (Å²) in [5.41, 5.74) is 4.01. The highest BCUT2D eigenvalue weighted by atomic mass is 79.9. The summed E-state index contributed by atoms with van der Waals surface area (Å²) in [4.78, 5) is 0. The van der Waals surface area contributed by atoms with Crippen LogP contribution in [-0.2, 0) is 6.42 Å². The second-order valence-electron chi connectivity index (χ2n) is 4.59.